The van der Waals surface area contributed by atoms with Crippen molar-refractivity contribution in [2.24, 2.45) is 11.0 Å². The van der Waals surface area contributed by atoms with Gasteiger partial charge in [0.25, 0.3) is 0 Å². The average molecular weight is 329 g/mol. The van der Waals surface area contributed by atoms with Gasteiger partial charge in [0, 0.05) is 24.2 Å². The molecule has 1 aromatic carbocycles. The highest BCUT2D eigenvalue weighted by molar-refractivity contribution is 5.94. The predicted molar refractivity (Wildman–Crippen MR) is 97.0 cm³/mol. The number of nitrogens with one attached hydrogen (secondary N) is 2. The van der Waals surface area contributed by atoms with Crippen molar-refractivity contribution in [2.45, 2.75) is 59.3 Å². The normalized spacial score (nSPS) is 19.1. The van der Waals surface area contributed by atoms with E-state index in [1.807, 2.05) is 32.0 Å². The Hall–Kier alpha value is -2.17. The first kappa shape index (κ1) is 18.2. The summed E-state index contributed by atoms with van der Waals surface area (Å²) in [5.74, 6) is 0.269. The van der Waals surface area contributed by atoms with E-state index in [4.69, 9.17) is 0 Å². The van der Waals surface area contributed by atoms with E-state index in [0.29, 0.717) is 5.92 Å². The van der Waals surface area contributed by atoms with Crippen LogP contribution in [0.5, 0.6) is 0 Å². The molecule has 0 spiro atoms. The van der Waals surface area contributed by atoms with Crippen LogP contribution < -0.4 is 10.7 Å². The Bertz CT molecular complexity index is 637. The number of carbonyl (C=O) groups excluding carboxylic acids is 2. The molecule has 1 fully saturated rings. The van der Waals surface area contributed by atoms with E-state index in [-0.39, 0.29) is 24.7 Å². The van der Waals surface area contributed by atoms with Crippen LogP contribution in [-0.2, 0) is 9.59 Å². The molecule has 1 atom stereocenters. The van der Waals surface area contributed by atoms with Crippen LogP contribution in [0.2, 0.25) is 0 Å². The second kappa shape index (κ2) is 8.62. The summed E-state index contributed by atoms with van der Waals surface area (Å²) in [6, 6.07) is 5.86. The number of carbonyl (C=O) groups is 2. The third-order valence-corrected chi connectivity index (χ3v) is 4.32. The minimum atomic E-state index is -0.212. The van der Waals surface area contributed by atoms with Crippen LogP contribution >= 0.6 is 0 Å². The van der Waals surface area contributed by atoms with Crippen molar-refractivity contribution in [1.29, 1.82) is 0 Å². The minimum absolute atomic E-state index is 0.142. The van der Waals surface area contributed by atoms with Crippen molar-refractivity contribution in [3.05, 3.63) is 29.3 Å². The fourth-order valence-electron chi connectivity index (χ4n) is 2.95. The van der Waals surface area contributed by atoms with E-state index < -0.39 is 0 Å². The van der Waals surface area contributed by atoms with Crippen molar-refractivity contribution < 1.29 is 9.59 Å². The molecular formula is C19H27N3O2. The first-order valence-electron chi connectivity index (χ1n) is 8.65. The maximum atomic E-state index is 12.0. The van der Waals surface area contributed by atoms with Crippen LogP contribution in [-0.4, -0.2) is 17.5 Å². The van der Waals surface area contributed by atoms with Gasteiger partial charge >= 0.3 is 0 Å². The van der Waals surface area contributed by atoms with Gasteiger partial charge in [-0.15, -0.1) is 0 Å². The monoisotopic (exact) mass is 329 g/mol. The lowest BCUT2D eigenvalue weighted by Gasteiger charge is -2.18. The van der Waals surface area contributed by atoms with Gasteiger partial charge in [0.2, 0.25) is 11.8 Å². The molecule has 2 N–H and O–H groups in total. The largest absolute Gasteiger partial charge is 0.326 e. The second-order valence-electron chi connectivity index (χ2n) is 6.78. The summed E-state index contributed by atoms with van der Waals surface area (Å²) in [5, 5.41) is 7.05. The molecule has 0 bridgehead atoms. The van der Waals surface area contributed by atoms with Crippen molar-refractivity contribution in [3.8, 4) is 0 Å². The molecule has 1 aromatic rings. The first-order valence-corrected chi connectivity index (χ1v) is 8.65. The summed E-state index contributed by atoms with van der Waals surface area (Å²) < 4.78 is 0. The Morgan fingerprint density at radius 3 is 2.67 bits per heavy atom. The summed E-state index contributed by atoms with van der Waals surface area (Å²) >= 11 is 0. The van der Waals surface area contributed by atoms with E-state index in [9.17, 15) is 9.59 Å². The summed E-state index contributed by atoms with van der Waals surface area (Å²) in [6.07, 6.45) is 4.56. The number of hydrogen-bond donors (Lipinski definition) is 2. The molecule has 24 heavy (non-hydrogen) atoms. The lowest BCUT2D eigenvalue weighted by Crippen LogP contribution is -2.23. The zero-order chi connectivity index (χ0) is 17.5. The SMILES string of the molecule is Cc1ccc(NC(=O)CCC(=O)NN=C2CCC[C@@H](C)C2)c(C)c1. The Morgan fingerprint density at radius 2 is 1.96 bits per heavy atom. The third-order valence-electron chi connectivity index (χ3n) is 4.32. The minimum Gasteiger partial charge on any atom is -0.326 e. The van der Waals surface area contributed by atoms with E-state index in [0.717, 1.165) is 41.8 Å². The van der Waals surface area contributed by atoms with Crippen LogP contribution in [0.3, 0.4) is 0 Å². The summed E-state index contributed by atoms with van der Waals surface area (Å²) in [6.45, 7) is 6.17. The highest BCUT2D eigenvalue weighted by atomic mass is 16.2. The number of nitrogens with zero attached hydrogens (tertiary/aromatic N) is 1. The van der Waals surface area contributed by atoms with Crippen LogP contribution in [0.4, 0.5) is 5.69 Å². The van der Waals surface area contributed by atoms with E-state index in [1.54, 1.807) is 0 Å². The van der Waals surface area contributed by atoms with Gasteiger partial charge in [-0.1, -0.05) is 24.6 Å². The Morgan fingerprint density at radius 1 is 1.21 bits per heavy atom. The van der Waals surface area contributed by atoms with Gasteiger partial charge in [0.15, 0.2) is 0 Å². The van der Waals surface area contributed by atoms with Crippen LogP contribution in [0.1, 0.15) is 56.6 Å². The molecule has 130 valence electrons. The molecule has 1 aliphatic carbocycles. The number of hydrogen-bond acceptors (Lipinski definition) is 3. The maximum Gasteiger partial charge on any atom is 0.240 e. The highest BCUT2D eigenvalue weighted by Crippen LogP contribution is 2.21. The number of aryl methyl sites for hydroxylation is 2. The molecule has 2 amide bonds. The molecule has 0 unspecified atom stereocenters. The lowest BCUT2D eigenvalue weighted by molar-refractivity contribution is -0.124. The molecule has 1 saturated carbocycles. The fraction of sp³-hybridized carbons (Fsp3) is 0.526. The zero-order valence-corrected chi connectivity index (χ0v) is 14.8. The Kier molecular flexibility index (Phi) is 6.53. The molecule has 5 nitrogen and oxygen atoms in total. The summed E-state index contributed by atoms with van der Waals surface area (Å²) in [5.41, 5.74) is 6.60. The lowest BCUT2D eigenvalue weighted by atomic mass is 9.89. The number of amides is 2. The Balaban J connectivity index is 1.75. The van der Waals surface area contributed by atoms with Crippen molar-refractivity contribution in [3.63, 3.8) is 0 Å². The van der Waals surface area contributed by atoms with Gasteiger partial charge in [0.1, 0.15) is 0 Å². The van der Waals surface area contributed by atoms with Crippen LogP contribution in [0.25, 0.3) is 0 Å². The van der Waals surface area contributed by atoms with E-state index in [1.165, 1.54) is 6.42 Å². The van der Waals surface area contributed by atoms with Gasteiger partial charge < -0.3 is 5.32 Å². The van der Waals surface area contributed by atoms with Gasteiger partial charge in [0.05, 0.1) is 0 Å². The molecule has 2 rings (SSSR count). The smallest absolute Gasteiger partial charge is 0.240 e. The number of rotatable bonds is 5. The average Bonchev–Trinajstić information content (AvgIpc) is 2.54. The number of benzene rings is 1. The Labute approximate surface area is 143 Å². The van der Waals surface area contributed by atoms with Crippen molar-refractivity contribution in [2.75, 3.05) is 5.32 Å². The number of hydrazone groups is 1. The van der Waals surface area contributed by atoms with Gasteiger partial charge in [-0.3, -0.25) is 9.59 Å². The molecule has 1 aliphatic rings. The standard InChI is InChI=1S/C19H27N3O2/c1-13-5-4-6-16(12-13)21-22-19(24)10-9-18(23)20-17-8-7-14(2)11-15(17)3/h7-8,11,13H,4-6,9-10,12H2,1-3H3,(H,20,23)(H,22,24)/t13-/m1/s1. The zero-order valence-electron chi connectivity index (χ0n) is 14.8. The van der Waals surface area contributed by atoms with Crippen molar-refractivity contribution >= 4 is 23.2 Å². The highest BCUT2D eigenvalue weighted by Gasteiger charge is 2.14. The molecular weight excluding hydrogens is 302 g/mol. The topological polar surface area (TPSA) is 70.6 Å². The first-order chi connectivity index (χ1) is 11.4. The summed E-state index contributed by atoms with van der Waals surface area (Å²) in [4.78, 5) is 23.8. The quantitative estimate of drug-likeness (QED) is 0.809. The summed E-state index contributed by atoms with van der Waals surface area (Å²) in [7, 11) is 0. The van der Waals surface area contributed by atoms with Crippen LogP contribution in [0.15, 0.2) is 23.3 Å². The fourth-order valence-corrected chi connectivity index (χ4v) is 2.95. The molecule has 0 radical (unpaired) electrons. The molecule has 0 heterocycles. The van der Waals surface area contributed by atoms with Gasteiger partial charge in [-0.2, -0.15) is 5.10 Å². The van der Waals surface area contributed by atoms with Crippen LogP contribution in [0, 0.1) is 19.8 Å². The molecule has 0 saturated heterocycles. The molecule has 5 heteroatoms. The van der Waals surface area contributed by atoms with E-state index in [2.05, 4.69) is 22.8 Å². The van der Waals surface area contributed by atoms with Gasteiger partial charge in [-0.05, 0) is 57.1 Å². The second-order valence-corrected chi connectivity index (χ2v) is 6.78. The predicted octanol–water partition coefficient (Wildman–Crippen LogP) is 3.70. The molecule has 0 aromatic heterocycles. The molecule has 0 aliphatic heterocycles. The number of anilines is 1. The maximum absolute atomic E-state index is 12.0. The van der Waals surface area contributed by atoms with Gasteiger partial charge in [-0.25, -0.2) is 5.43 Å². The third kappa shape index (κ3) is 5.80. The van der Waals surface area contributed by atoms with E-state index >= 15 is 0 Å². The van der Waals surface area contributed by atoms with Crippen molar-refractivity contribution in [1.82, 2.24) is 5.43 Å².